The molecular formula is C14H14N2O4. The van der Waals surface area contributed by atoms with Crippen molar-refractivity contribution >= 4 is 5.97 Å². The molecule has 0 saturated heterocycles. The lowest BCUT2D eigenvalue weighted by molar-refractivity contribution is 0.0693. The van der Waals surface area contributed by atoms with E-state index in [2.05, 4.69) is 5.10 Å². The van der Waals surface area contributed by atoms with Crippen molar-refractivity contribution in [3.05, 3.63) is 46.2 Å². The van der Waals surface area contributed by atoms with Gasteiger partial charge in [0.05, 0.1) is 12.8 Å². The van der Waals surface area contributed by atoms with Gasteiger partial charge >= 0.3 is 5.97 Å². The topological polar surface area (TPSA) is 81.4 Å². The number of nitrogens with zero attached hydrogens (tertiary/aromatic N) is 2. The van der Waals surface area contributed by atoms with Gasteiger partial charge in [-0.05, 0) is 25.1 Å². The summed E-state index contributed by atoms with van der Waals surface area (Å²) in [5, 5.41) is 13.3. The molecule has 6 nitrogen and oxygen atoms in total. The second kappa shape index (κ2) is 5.56. The van der Waals surface area contributed by atoms with E-state index in [1.165, 1.54) is 6.07 Å². The number of aromatic carboxylic acids is 1. The molecule has 20 heavy (non-hydrogen) atoms. The Labute approximate surface area is 115 Å². The van der Waals surface area contributed by atoms with Gasteiger partial charge in [0.2, 0.25) is 0 Å². The number of aryl methyl sites for hydroxylation is 1. The molecule has 0 unspecified atom stereocenters. The lowest BCUT2D eigenvalue weighted by atomic mass is 10.1. The molecule has 1 heterocycles. The Balaban J connectivity index is 2.64. The first-order valence-electron chi connectivity index (χ1n) is 6.06. The minimum atomic E-state index is -1.26. The Kier molecular flexibility index (Phi) is 3.84. The van der Waals surface area contributed by atoms with Crippen LogP contribution < -0.4 is 10.3 Å². The average Bonchev–Trinajstić information content (AvgIpc) is 2.47. The number of methoxy groups -OCH3 is 1. The molecule has 0 atom stereocenters. The van der Waals surface area contributed by atoms with Crippen LogP contribution in [0.15, 0.2) is 35.1 Å². The van der Waals surface area contributed by atoms with Crippen LogP contribution in [-0.4, -0.2) is 28.0 Å². The minimum Gasteiger partial charge on any atom is -0.497 e. The van der Waals surface area contributed by atoms with Crippen molar-refractivity contribution < 1.29 is 14.6 Å². The molecule has 1 N–H and O–H groups in total. The molecule has 0 radical (unpaired) electrons. The summed E-state index contributed by atoms with van der Waals surface area (Å²) in [6, 6.07) is 8.35. The fraction of sp³-hybridized carbons (Fsp3) is 0.214. The summed E-state index contributed by atoms with van der Waals surface area (Å²) < 4.78 is 6.26. The number of hydrogen-bond donors (Lipinski definition) is 1. The number of hydrogen-bond acceptors (Lipinski definition) is 4. The third-order valence-corrected chi connectivity index (χ3v) is 2.87. The van der Waals surface area contributed by atoms with Crippen molar-refractivity contribution in [2.45, 2.75) is 13.5 Å². The first-order valence-corrected chi connectivity index (χ1v) is 6.06. The van der Waals surface area contributed by atoms with Gasteiger partial charge in [0.1, 0.15) is 11.3 Å². The van der Waals surface area contributed by atoms with Crippen molar-refractivity contribution in [1.82, 2.24) is 9.78 Å². The van der Waals surface area contributed by atoms with Crippen LogP contribution in [0.2, 0.25) is 0 Å². The van der Waals surface area contributed by atoms with E-state index in [-0.39, 0.29) is 5.56 Å². The zero-order chi connectivity index (χ0) is 14.7. The molecular weight excluding hydrogens is 260 g/mol. The van der Waals surface area contributed by atoms with Crippen LogP contribution in [0.25, 0.3) is 11.3 Å². The lowest BCUT2D eigenvalue weighted by Crippen LogP contribution is -2.28. The Morgan fingerprint density at radius 3 is 2.75 bits per heavy atom. The molecule has 0 bridgehead atoms. The minimum absolute atomic E-state index is 0.292. The van der Waals surface area contributed by atoms with Crippen molar-refractivity contribution in [2.75, 3.05) is 7.11 Å². The molecule has 2 rings (SSSR count). The van der Waals surface area contributed by atoms with E-state index in [0.29, 0.717) is 23.6 Å². The van der Waals surface area contributed by atoms with E-state index in [1.807, 2.05) is 0 Å². The molecule has 2 aromatic rings. The summed E-state index contributed by atoms with van der Waals surface area (Å²) >= 11 is 0. The van der Waals surface area contributed by atoms with Crippen LogP contribution in [0.5, 0.6) is 5.75 Å². The molecule has 0 spiro atoms. The molecule has 0 aliphatic rings. The predicted octanol–water partition coefficient (Wildman–Crippen LogP) is 1.64. The molecule has 6 heteroatoms. The third kappa shape index (κ3) is 2.54. The van der Waals surface area contributed by atoms with E-state index >= 15 is 0 Å². The monoisotopic (exact) mass is 274 g/mol. The standard InChI is InChI=1S/C14H14N2O4/c1-3-16-13(17)11(14(18)19)8-12(15-16)9-5-4-6-10(7-9)20-2/h4-8H,3H2,1-2H3,(H,18,19). The van der Waals surface area contributed by atoms with Gasteiger partial charge in [-0.2, -0.15) is 5.10 Å². The van der Waals surface area contributed by atoms with Crippen LogP contribution in [0.3, 0.4) is 0 Å². The lowest BCUT2D eigenvalue weighted by Gasteiger charge is -2.08. The number of benzene rings is 1. The summed E-state index contributed by atoms with van der Waals surface area (Å²) in [4.78, 5) is 23.0. The van der Waals surface area contributed by atoms with E-state index < -0.39 is 11.5 Å². The summed E-state index contributed by atoms with van der Waals surface area (Å²) in [5.41, 5.74) is 0.211. The molecule has 1 aromatic heterocycles. The Morgan fingerprint density at radius 1 is 1.40 bits per heavy atom. The summed E-state index contributed by atoms with van der Waals surface area (Å²) in [6.07, 6.45) is 0. The molecule has 1 aromatic carbocycles. The largest absolute Gasteiger partial charge is 0.497 e. The van der Waals surface area contributed by atoms with Gasteiger partial charge in [-0.25, -0.2) is 9.48 Å². The van der Waals surface area contributed by atoms with Crippen molar-refractivity contribution in [2.24, 2.45) is 0 Å². The molecule has 0 aliphatic carbocycles. The molecule has 0 aliphatic heterocycles. The van der Waals surface area contributed by atoms with Crippen LogP contribution in [-0.2, 0) is 6.54 Å². The summed E-state index contributed by atoms with van der Waals surface area (Å²) in [5.74, 6) is -0.626. The highest BCUT2D eigenvalue weighted by molar-refractivity contribution is 5.88. The van der Waals surface area contributed by atoms with E-state index in [4.69, 9.17) is 9.84 Å². The van der Waals surface area contributed by atoms with Gasteiger partial charge in [-0.1, -0.05) is 12.1 Å². The quantitative estimate of drug-likeness (QED) is 0.916. The highest BCUT2D eigenvalue weighted by Crippen LogP contribution is 2.21. The fourth-order valence-corrected chi connectivity index (χ4v) is 1.83. The maximum absolute atomic E-state index is 11.8. The van der Waals surface area contributed by atoms with Crippen molar-refractivity contribution in [3.63, 3.8) is 0 Å². The van der Waals surface area contributed by atoms with Gasteiger partial charge in [0.15, 0.2) is 0 Å². The number of aromatic nitrogens is 2. The SMILES string of the molecule is CCn1nc(-c2cccc(OC)c2)cc(C(=O)O)c1=O. The normalized spacial score (nSPS) is 10.3. The second-order valence-electron chi connectivity index (χ2n) is 4.10. The van der Waals surface area contributed by atoms with Gasteiger partial charge < -0.3 is 9.84 Å². The zero-order valence-corrected chi connectivity index (χ0v) is 11.2. The van der Waals surface area contributed by atoms with E-state index in [1.54, 1.807) is 38.3 Å². The number of ether oxygens (including phenoxy) is 1. The summed E-state index contributed by atoms with van der Waals surface area (Å²) in [6.45, 7) is 2.03. The highest BCUT2D eigenvalue weighted by Gasteiger charge is 2.14. The van der Waals surface area contributed by atoms with Gasteiger partial charge in [0, 0.05) is 12.1 Å². The van der Waals surface area contributed by atoms with Crippen LogP contribution in [0.4, 0.5) is 0 Å². The number of carbonyl (C=O) groups is 1. The van der Waals surface area contributed by atoms with Gasteiger partial charge in [-0.3, -0.25) is 4.79 Å². The van der Waals surface area contributed by atoms with Gasteiger partial charge in [0.25, 0.3) is 5.56 Å². The molecule has 0 amide bonds. The molecule has 0 saturated carbocycles. The number of carboxylic acids is 1. The Morgan fingerprint density at radius 2 is 2.15 bits per heavy atom. The first kappa shape index (κ1) is 13.8. The average molecular weight is 274 g/mol. The van der Waals surface area contributed by atoms with E-state index in [9.17, 15) is 9.59 Å². The smallest absolute Gasteiger partial charge is 0.341 e. The predicted molar refractivity (Wildman–Crippen MR) is 73.1 cm³/mol. The maximum Gasteiger partial charge on any atom is 0.341 e. The maximum atomic E-state index is 11.8. The number of carboxylic acid groups (broad SMARTS) is 1. The molecule has 104 valence electrons. The van der Waals surface area contributed by atoms with E-state index in [0.717, 1.165) is 4.68 Å². The van der Waals surface area contributed by atoms with Gasteiger partial charge in [-0.15, -0.1) is 0 Å². The Hall–Kier alpha value is -2.63. The van der Waals surface area contributed by atoms with Crippen molar-refractivity contribution in [3.8, 4) is 17.0 Å². The van der Waals surface area contributed by atoms with Crippen LogP contribution in [0.1, 0.15) is 17.3 Å². The highest BCUT2D eigenvalue weighted by atomic mass is 16.5. The fourth-order valence-electron chi connectivity index (χ4n) is 1.83. The molecule has 0 fully saturated rings. The third-order valence-electron chi connectivity index (χ3n) is 2.87. The van der Waals surface area contributed by atoms with Crippen LogP contribution >= 0.6 is 0 Å². The summed E-state index contributed by atoms with van der Waals surface area (Å²) in [7, 11) is 1.54. The van der Waals surface area contributed by atoms with Crippen molar-refractivity contribution in [1.29, 1.82) is 0 Å². The Bertz CT molecular complexity index is 707. The second-order valence-corrected chi connectivity index (χ2v) is 4.10. The zero-order valence-electron chi connectivity index (χ0n) is 11.2. The first-order chi connectivity index (χ1) is 9.56. The van der Waals surface area contributed by atoms with Crippen LogP contribution in [0, 0.1) is 0 Å². The number of rotatable bonds is 4.